The number of carbonyl (C=O) groups is 1. The molecule has 0 saturated carbocycles. The Morgan fingerprint density at radius 3 is 2.53 bits per heavy atom. The van der Waals surface area contributed by atoms with Crippen LogP contribution in [0.2, 0.25) is 0 Å². The highest BCUT2D eigenvalue weighted by Gasteiger charge is 2.20. The van der Waals surface area contributed by atoms with Crippen molar-refractivity contribution in [3.8, 4) is 11.8 Å². The highest BCUT2D eigenvalue weighted by Crippen LogP contribution is 2.12. The van der Waals surface area contributed by atoms with Crippen LogP contribution in [-0.2, 0) is 11.2 Å². The summed E-state index contributed by atoms with van der Waals surface area (Å²) in [5, 5.41) is -0.0791. The first-order valence-corrected chi connectivity index (χ1v) is 7.54. The van der Waals surface area contributed by atoms with Crippen LogP contribution >= 0.6 is 11.8 Å². The Bertz CT molecular complexity index is 471. The maximum atomic E-state index is 11.2. The zero-order chi connectivity index (χ0) is 14.3. The van der Waals surface area contributed by atoms with Gasteiger partial charge in [0.2, 0.25) is 0 Å². The van der Waals surface area contributed by atoms with E-state index in [4.69, 9.17) is 0 Å². The molecule has 0 N–H and O–H groups in total. The van der Waals surface area contributed by atoms with E-state index >= 15 is 0 Å². The molecule has 0 heterocycles. The zero-order valence-electron chi connectivity index (χ0n) is 12.1. The van der Waals surface area contributed by atoms with E-state index in [2.05, 4.69) is 41.0 Å². The predicted octanol–water partition coefficient (Wildman–Crippen LogP) is 2.83. The molecule has 3 heteroatoms. The number of rotatable bonds is 4. The van der Waals surface area contributed by atoms with Crippen LogP contribution in [0.3, 0.4) is 0 Å². The normalized spacial score (nSPS) is 11.0. The first-order valence-electron chi connectivity index (χ1n) is 6.32. The molecular weight excluding hydrogens is 254 g/mol. The second kappa shape index (κ2) is 7.37. The second-order valence-corrected chi connectivity index (χ2v) is 5.74. The van der Waals surface area contributed by atoms with E-state index in [0.29, 0.717) is 0 Å². The summed E-state index contributed by atoms with van der Waals surface area (Å²) in [6.07, 6.45) is 2.74. The van der Waals surface area contributed by atoms with Crippen molar-refractivity contribution in [1.29, 1.82) is 0 Å². The van der Waals surface area contributed by atoms with Gasteiger partial charge in [0.1, 0.15) is 0 Å². The molecular formula is C16H21NOS. The molecule has 1 rings (SSSR count). The molecule has 1 aromatic carbocycles. The monoisotopic (exact) mass is 275 g/mol. The van der Waals surface area contributed by atoms with Gasteiger partial charge in [-0.1, -0.05) is 48.0 Å². The molecule has 0 saturated heterocycles. The van der Waals surface area contributed by atoms with Gasteiger partial charge in [-0.25, -0.2) is 0 Å². The van der Waals surface area contributed by atoms with Crippen LogP contribution in [0.25, 0.3) is 0 Å². The Hall–Kier alpha value is -1.24. The molecule has 19 heavy (non-hydrogen) atoms. The number of benzene rings is 1. The van der Waals surface area contributed by atoms with Crippen molar-refractivity contribution >= 4 is 16.9 Å². The van der Waals surface area contributed by atoms with Gasteiger partial charge < -0.3 is 0 Å². The molecule has 0 aromatic heterocycles. The lowest BCUT2D eigenvalue weighted by molar-refractivity contribution is -0.106. The predicted molar refractivity (Wildman–Crippen MR) is 83.2 cm³/mol. The van der Waals surface area contributed by atoms with Gasteiger partial charge in [-0.3, -0.25) is 9.69 Å². The number of thioether (sulfide) groups is 1. The van der Waals surface area contributed by atoms with Gasteiger partial charge in [0, 0.05) is 6.54 Å². The summed E-state index contributed by atoms with van der Waals surface area (Å²) in [4.78, 5) is 13.4. The summed E-state index contributed by atoms with van der Waals surface area (Å²) in [5.41, 5.74) is 1.03. The molecule has 0 atom stereocenters. The molecule has 1 aromatic rings. The van der Waals surface area contributed by atoms with Gasteiger partial charge in [-0.15, -0.1) is 0 Å². The molecule has 0 aliphatic rings. The largest absolute Gasteiger partial charge is 0.290 e. The van der Waals surface area contributed by atoms with Crippen molar-refractivity contribution in [3.05, 3.63) is 35.9 Å². The second-order valence-electron chi connectivity index (χ2n) is 4.96. The van der Waals surface area contributed by atoms with Crippen LogP contribution in [-0.4, -0.2) is 35.4 Å². The van der Waals surface area contributed by atoms with Crippen LogP contribution in [0.1, 0.15) is 19.4 Å². The summed E-state index contributed by atoms with van der Waals surface area (Å²) in [6, 6.07) is 10.4. The van der Waals surface area contributed by atoms with Crippen molar-refractivity contribution < 1.29 is 4.79 Å². The number of hydrogen-bond donors (Lipinski definition) is 0. The fraction of sp³-hybridized carbons (Fsp3) is 0.438. The highest BCUT2D eigenvalue weighted by molar-refractivity contribution is 8.13. The Kier molecular flexibility index (Phi) is 6.14. The molecule has 0 spiro atoms. The lowest BCUT2D eigenvalue weighted by atomic mass is 10.0. The van der Waals surface area contributed by atoms with Crippen molar-refractivity contribution in [2.75, 3.05) is 19.8 Å². The maximum absolute atomic E-state index is 11.2. The van der Waals surface area contributed by atoms with E-state index in [1.54, 1.807) is 6.26 Å². The number of likely N-dealkylation sites (N-methyl/N-ethyl adjacent to an activating group) is 1. The van der Waals surface area contributed by atoms with Crippen LogP contribution in [0.15, 0.2) is 30.3 Å². The van der Waals surface area contributed by atoms with Gasteiger partial charge in [-0.2, -0.15) is 0 Å². The van der Waals surface area contributed by atoms with Crippen LogP contribution < -0.4 is 0 Å². The molecule has 0 radical (unpaired) electrons. The molecule has 0 amide bonds. The average molecular weight is 275 g/mol. The quantitative estimate of drug-likeness (QED) is 0.788. The fourth-order valence-electron chi connectivity index (χ4n) is 1.57. The average Bonchev–Trinajstić information content (AvgIpc) is 2.43. The van der Waals surface area contributed by atoms with Gasteiger partial charge in [0.25, 0.3) is 5.12 Å². The van der Waals surface area contributed by atoms with E-state index in [-0.39, 0.29) is 10.7 Å². The minimum Gasteiger partial charge on any atom is -0.290 e. The van der Waals surface area contributed by atoms with E-state index in [0.717, 1.165) is 24.7 Å². The first kappa shape index (κ1) is 15.8. The van der Waals surface area contributed by atoms with Gasteiger partial charge in [0.15, 0.2) is 0 Å². The third kappa shape index (κ3) is 5.50. The fourth-order valence-corrected chi connectivity index (χ4v) is 1.72. The Morgan fingerprint density at radius 1 is 1.32 bits per heavy atom. The molecule has 0 aliphatic heterocycles. The van der Waals surface area contributed by atoms with E-state index in [1.807, 2.05) is 27.0 Å². The Balaban J connectivity index is 2.58. The lowest BCUT2D eigenvalue weighted by Crippen LogP contribution is -2.41. The van der Waals surface area contributed by atoms with Gasteiger partial charge in [0.05, 0.1) is 5.54 Å². The topological polar surface area (TPSA) is 20.3 Å². The number of nitrogens with zero attached hydrogens (tertiary/aromatic N) is 1. The third-order valence-electron chi connectivity index (χ3n) is 3.19. The molecule has 0 aliphatic carbocycles. The summed E-state index contributed by atoms with van der Waals surface area (Å²) in [6.45, 7) is 5.00. The third-order valence-corrected chi connectivity index (χ3v) is 3.66. The molecule has 0 unspecified atom stereocenters. The number of hydrogen-bond acceptors (Lipinski definition) is 3. The zero-order valence-corrected chi connectivity index (χ0v) is 12.9. The van der Waals surface area contributed by atoms with E-state index in [9.17, 15) is 4.79 Å². The van der Waals surface area contributed by atoms with Crippen molar-refractivity contribution in [2.45, 2.75) is 25.8 Å². The molecule has 0 fully saturated rings. The maximum Gasteiger partial charge on any atom is 0.262 e. The Labute approximate surface area is 120 Å². The van der Waals surface area contributed by atoms with Crippen molar-refractivity contribution in [1.82, 2.24) is 4.90 Å². The van der Waals surface area contributed by atoms with E-state index < -0.39 is 0 Å². The molecule has 0 bridgehead atoms. The lowest BCUT2D eigenvalue weighted by Gasteiger charge is -2.30. The smallest absolute Gasteiger partial charge is 0.262 e. The summed E-state index contributed by atoms with van der Waals surface area (Å²) < 4.78 is 0. The van der Waals surface area contributed by atoms with Crippen LogP contribution in [0, 0.1) is 11.8 Å². The highest BCUT2D eigenvalue weighted by atomic mass is 32.2. The SMILES string of the molecule is CSC(=O)C#CC(C)(C)N(C)CCc1ccccc1. The van der Waals surface area contributed by atoms with Crippen LogP contribution in [0.5, 0.6) is 0 Å². The van der Waals surface area contributed by atoms with E-state index in [1.165, 1.54) is 5.56 Å². The van der Waals surface area contributed by atoms with Gasteiger partial charge >= 0.3 is 0 Å². The first-order chi connectivity index (χ1) is 8.95. The van der Waals surface area contributed by atoms with Crippen molar-refractivity contribution in [2.24, 2.45) is 0 Å². The summed E-state index contributed by atoms with van der Waals surface area (Å²) >= 11 is 1.16. The minimum atomic E-state index is -0.291. The molecule has 102 valence electrons. The minimum absolute atomic E-state index is 0.0791. The standard InChI is InChI=1S/C16H21NOS/c1-16(2,12-10-15(18)19-4)17(3)13-11-14-8-6-5-7-9-14/h5-9H,11,13H2,1-4H3. The van der Waals surface area contributed by atoms with Crippen LogP contribution in [0.4, 0.5) is 0 Å². The summed E-state index contributed by atoms with van der Waals surface area (Å²) in [5.74, 6) is 5.74. The number of carbonyl (C=O) groups excluding carboxylic acids is 1. The van der Waals surface area contributed by atoms with Gasteiger partial charge in [-0.05, 0) is 45.1 Å². The Morgan fingerprint density at radius 2 is 1.95 bits per heavy atom. The summed E-state index contributed by atoms with van der Waals surface area (Å²) in [7, 11) is 2.04. The molecule has 2 nitrogen and oxygen atoms in total. The van der Waals surface area contributed by atoms with Crippen molar-refractivity contribution in [3.63, 3.8) is 0 Å².